The molecule has 1 aliphatic rings. The van der Waals surface area contributed by atoms with Gasteiger partial charge in [0.15, 0.2) is 0 Å². The van der Waals surface area contributed by atoms with Gasteiger partial charge in [-0.05, 0) is 5.16 Å². The molecule has 0 bridgehead atoms. The summed E-state index contributed by atoms with van der Waals surface area (Å²) in [5.41, 5.74) is 5.33. The highest BCUT2D eigenvalue weighted by atomic mass is 16.5. The number of nitrogens with two attached hydrogens (primary N) is 1. The van der Waals surface area contributed by atoms with Crippen LogP contribution in [0.3, 0.4) is 0 Å². The van der Waals surface area contributed by atoms with E-state index in [1.165, 1.54) is 0 Å². The van der Waals surface area contributed by atoms with Crippen LogP contribution in [0.5, 0.6) is 0 Å². The van der Waals surface area contributed by atoms with Gasteiger partial charge in [-0.25, -0.2) is 0 Å². The van der Waals surface area contributed by atoms with Crippen molar-refractivity contribution in [3.05, 3.63) is 0 Å². The van der Waals surface area contributed by atoms with Gasteiger partial charge in [0.2, 0.25) is 0 Å². The molecular formula is C6H11N5O. The predicted molar refractivity (Wildman–Crippen MR) is 43.8 cm³/mol. The molecule has 0 amide bonds. The van der Waals surface area contributed by atoms with E-state index in [1.54, 1.807) is 0 Å². The summed E-state index contributed by atoms with van der Waals surface area (Å²) in [7, 11) is 0. The molecule has 1 saturated heterocycles. The molecule has 6 heteroatoms. The van der Waals surface area contributed by atoms with Crippen molar-refractivity contribution in [2.45, 2.75) is 0 Å². The topological polar surface area (TPSA) is 80.2 Å². The first-order valence-corrected chi connectivity index (χ1v) is 3.91. The summed E-state index contributed by atoms with van der Waals surface area (Å²) in [6, 6.07) is 0.522. The third kappa shape index (κ3) is 1.33. The van der Waals surface area contributed by atoms with Gasteiger partial charge in [-0.2, -0.15) is 4.98 Å². The zero-order valence-electron chi connectivity index (χ0n) is 6.66. The number of hydrogen-bond donors (Lipinski definition) is 2. The van der Waals surface area contributed by atoms with Crippen molar-refractivity contribution in [2.24, 2.45) is 0 Å². The van der Waals surface area contributed by atoms with Gasteiger partial charge in [0.05, 0.1) is 0 Å². The van der Waals surface area contributed by atoms with Crippen LogP contribution in [0.2, 0.25) is 0 Å². The van der Waals surface area contributed by atoms with Crippen LogP contribution in [0, 0.1) is 0 Å². The van der Waals surface area contributed by atoms with Crippen LogP contribution in [0.4, 0.5) is 12.0 Å². The van der Waals surface area contributed by atoms with Gasteiger partial charge < -0.3 is 20.5 Å². The van der Waals surface area contributed by atoms with Crippen LogP contribution in [0.15, 0.2) is 4.52 Å². The average Bonchev–Trinajstić information content (AvgIpc) is 2.54. The number of aromatic nitrogens is 2. The standard InChI is InChI=1S/C6H11N5O/c7-5-9-6(12-10-5)11-3-1-8-2-4-11/h8H,1-4H2,(H2,7,10). The molecule has 2 rings (SSSR count). The summed E-state index contributed by atoms with van der Waals surface area (Å²) < 4.78 is 4.92. The minimum atomic E-state index is 0.198. The molecule has 0 atom stereocenters. The van der Waals surface area contributed by atoms with Crippen molar-refractivity contribution in [3.63, 3.8) is 0 Å². The van der Waals surface area contributed by atoms with E-state index in [2.05, 4.69) is 15.5 Å². The lowest BCUT2D eigenvalue weighted by Gasteiger charge is -2.24. The molecular weight excluding hydrogens is 158 g/mol. The van der Waals surface area contributed by atoms with E-state index in [1.807, 2.05) is 4.90 Å². The molecule has 3 N–H and O–H groups in total. The minimum Gasteiger partial charge on any atom is -0.365 e. The van der Waals surface area contributed by atoms with Gasteiger partial charge in [0, 0.05) is 26.2 Å². The molecule has 2 heterocycles. The Hall–Kier alpha value is -1.30. The van der Waals surface area contributed by atoms with Crippen molar-refractivity contribution in [1.29, 1.82) is 0 Å². The van der Waals surface area contributed by atoms with Crippen LogP contribution < -0.4 is 16.0 Å². The van der Waals surface area contributed by atoms with Crippen LogP contribution in [-0.4, -0.2) is 36.3 Å². The van der Waals surface area contributed by atoms with Gasteiger partial charge in [0.1, 0.15) is 0 Å². The normalized spacial score (nSPS) is 18.2. The van der Waals surface area contributed by atoms with Crippen molar-refractivity contribution in [2.75, 3.05) is 36.8 Å². The molecule has 0 spiro atoms. The first-order chi connectivity index (χ1) is 5.86. The van der Waals surface area contributed by atoms with E-state index < -0.39 is 0 Å². The van der Waals surface area contributed by atoms with Gasteiger partial charge in [-0.3, -0.25) is 0 Å². The first-order valence-electron chi connectivity index (χ1n) is 3.91. The van der Waals surface area contributed by atoms with Gasteiger partial charge in [-0.1, -0.05) is 0 Å². The Morgan fingerprint density at radius 2 is 2.17 bits per heavy atom. The molecule has 66 valence electrons. The Labute approximate surface area is 69.7 Å². The predicted octanol–water partition coefficient (Wildman–Crippen LogP) is -0.939. The summed E-state index contributed by atoms with van der Waals surface area (Å²) in [6.45, 7) is 3.67. The third-order valence-corrected chi connectivity index (χ3v) is 1.82. The molecule has 1 aromatic rings. The number of anilines is 2. The van der Waals surface area contributed by atoms with Crippen LogP contribution in [-0.2, 0) is 0 Å². The Kier molecular flexibility index (Phi) is 1.83. The quantitative estimate of drug-likeness (QED) is 0.565. The molecule has 12 heavy (non-hydrogen) atoms. The van der Waals surface area contributed by atoms with E-state index in [0.717, 1.165) is 26.2 Å². The fourth-order valence-electron chi connectivity index (χ4n) is 1.21. The van der Waals surface area contributed by atoms with E-state index >= 15 is 0 Å². The largest absolute Gasteiger partial charge is 0.365 e. The van der Waals surface area contributed by atoms with Gasteiger partial charge in [0.25, 0.3) is 5.95 Å². The number of rotatable bonds is 1. The van der Waals surface area contributed by atoms with Crippen molar-refractivity contribution in [3.8, 4) is 0 Å². The zero-order valence-corrected chi connectivity index (χ0v) is 6.66. The van der Waals surface area contributed by atoms with E-state index in [0.29, 0.717) is 6.01 Å². The summed E-state index contributed by atoms with van der Waals surface area (Å²) in [5.74, 6) is 0.198. The van der Waals surface area contributed by atoms with Gasteiger partial charge >= 0.3 is 6.01 Å². The highest BCUT2D eigenvalue weighted by molar-refractivity contribution is 5.30. The van der Waals surface area contributed by atoms with E-state index in [9.17, 15) is 0 Å². The Morgan fingerprint density at radius 3 is 2.75 bits per heavy atom. The summed E-state index contributed by atoms with van der Waals surface area (Å²) in [5, 5.41) is 6.75. The fourth-order valence-corrected chi connectivity index (χ4v) is 1.21. The maximum absolute atomic E-state index is 5.33. The minimum absolute atomic E-state index is 0.198. The van der Waals surface area contributed by atoms with E-state index in [4.69, 9.17) is 10.3 Å². The fraction of sp³-hybridized carbons (Fsp3) is 0.667. The van der Waals surface area contributed by atoms with Crippen molar-refractivity contribution >= 4 is 12.0 Å². The molecule has 1 aromatic heterocycles. The molecule has 0 aliphatic carbocycles. The molecule has 1 fully saturated rings. The van der Waals surface area contributed by atoms with Crippen molar-refractivity contribution in [1.82, 2.24) is 15.5 Å². The molecule has 1 aliphatic heterocycles. The molecule has 0 aromatic carbocycles. The van der Waals surface area contributed by atoms with Crippen LogP contribution >= 0.6 is 0 Å². The maximum Gasteiger partial charge on any atom is 0.325 e. The highest BCUT2D eigenvalue weighted by Crippen LogP contribution is 2.11. The lowest BCUT2D eigenvalue weighted by molar-refractivity contribution is 0.406. The number of hydrogen-bond acceptors (Lipinski definition) is 6. The second-order valence-electron chi connectivity index (χ2n) is 2.67. The summed E-state index contributed by atoms with van der Waals surface area (Å²) in [6.07, 6.45) is 0. The monoisotopic (exact) mass is 169 g/mol. The zero-order chi connectivity index (χ0) is 8.39. The third-order valence-electron chi connectivity index (χ3n) is 1.82. The van der Waals surface area contributed by atoms with Crippen LogP contribution in [0.25, 0.3) is 0 Å². The number of nitrogen functional groups attached to an aromatic ring is 1. The Bertz CT molecular complexity index is 254. The Morgan fingerprint density at radius 1 is 1.42 bits per heavy atom. The van der Waals surface area contributed by atoms with Crippen LogP contribution in [0.1, 0.15) is 0 Å². The number of piperazine rings is 1. The lowest BCUT2D eigenvalue weighted by atomic mass is 10.4. The highest BCUT2D eigenvalue weighted by Gasteiger charge is 2.15. The second kappa shape index (κ2) is 2.98. The summed E-state index contributed by atoms with van der Waals surface area (Å²) >= 11 is 0. The first kappa shape index (κ1) is 7.35. The SMILES string of the molecule is Nc1noc(N2CCNCC2)n1. The van der Waals surface area contributed by atoms with Crippen molar-refractivity contribution < 1.29 is 4.52 Å². The Balaban J connectivity index is 2.08. The molecule has 6 nitrogen and oxygen atoms in total. The summed E-state index contributed by atoms with van der Waals surface area (Å²) in [4.78, 5) is 5.95. The molecule has 0 unspecified atom stereocenters. The lowest BCUT2D eigenvalue weighted by Crippen LogP contribution is -2.43. The van der Waals surface area contributed by atoms with Gasteiger partial charge in [-0.15, -0.1) is 0 Å². The number of nitrogens with zero attached hydrogens (tertiary/aromatic N) is 3. The molecule has 0 saturated carbocycles. The molecule has 0 radical (unpaired) electrons. The second-order valence-corrected chi connectivity index (χ2v) is 2.67. The smallest absolute Gasteiger partial charge is 0.325 e. The average molecular weight is 169 g/mol. The maximum atomic E-state index is 5.33. The van der Waals surface area contributed by atoms with E-state index in [-0.39, 0.29) is 5.95 Å². The number of nitrogens with one attached hydrogen (secondary N) is 1.